The number of benzene rings is 2. The van der Waals surface area contributed by atoms with Crippen molar-refractivity contribution in [1.29, 1.82) is 5.26 Å². The smallest absolute Gasteiger partial charge is 0.148 e. The van der Waals surface area contributed by atoms with Gasteiger partial charge in [0.05, 0.1) is 40.2 Å². The highest BCUT2D eigenvalue weighted by atomic mass is 35.5. The van der Waals surface area contributed by atoms with Gasteiger partial charge in [-0.1, -0.05) is 23.7 Å². The van der Waals surface area contributed by atoms with Crippen molar-refractivity contribution in [2.75, 3.05) is 7.11 Å². The molecule has 6 heteroatoms. The maximum atomic E-state index is 9.49. The number of para-hydroxylation sites is 1. The Kier molecular flexibility index (Phi) is 5.79. The molecule has 166 valence electrons. The number of methoxy groups -OCH3 is 1. The SMILES string of the molecule is COc1ccccc1-c1nc(C2CC(C)(C)OC(C)(C)C2)cn1-c1ccc(Cl)c(C#N)c1. The van der Waals surface area contributed by atoms with Crippen LogP contribution >= 0.6 is 11.6 Å². The Morgan fingerprint density at radius 2 is 1.81 bits per heavy atom. The fourth-order valence-electron chi connectivity index (χ4n) is 4.86. The van der Waals surface area contributed by atoms with Crippen LogP contribution in [0.1, 0.15) is 57.7 Å². The molecule has 32 heavy (non-hydrogen) atoms. The molecule has 0 atom stereocenters. The summed E-state index contributed by atoms with van der Waals surface area (Å²) in [5, 5.41) is 9.92. The first-order valence-electron chi connectivity index (χ1n) is 10.8. The van der Waals surface area contributed by atoms with Gasteiger partial charge in [-0.15, -0.1) is 0 Å². The molecule has 1 aliphatic rings. The third-order valence-corrected chi connectivity index (χ3v) is 6.20. The molecule has 3 aromatic rings. The van der Waals surface area contributed by atoms with E-state index < -0.39 is 0 Å². The average molecular weight is 450 g/mol. The van der Waals surface area contributed by atoms with Crippen molar-refractivity contribution in [3.8, 4) is 28.9 Å². The molecule has 0 bridgehead atoms. The monoisotopic (exact) mass is 449 g/mol. The Balaban J connectivity index is 1.89. The molecule has 1 aliphatic heterocycles. The molecule has 1 fully saturated rings. The van der Waals surface area contributed by atoms with E-state index in [0.717, 1.165) is 41.4 Å². The van der Waals surface area contributed by atoms with E-state index >= 15 is 0 Å². The molecule has 2 heterocycles. The Hall–Kier alpha value is -2.81. The van der Waals surface area contributed by atoms with Crippen LogP contribution in [0.2, 0.25) is 5.02 Å². The number of hydrogen-bond donors (Lipinski definition) is 0. The summed E-state index contributed by atoms with van der Waals surface area (Å²) in [6.45, 7) is 8.55. The highest BCUT2D eigenvalue weighted by molar-refractivity contribution is 6.31. The molecule has 0 saturated carbocycles. The number of nitriles is 1. The van der Waals surface area contributed by atoms with Gasteiger partial charge in [0.1, 0.15) is 17.6 Å². The van der Waals surface area contributed by atoms with Crippen LogP contribution in [0.5, 0.6) is 5.75 Å². The summed E-state index contributed by atoms with van der Waals surface area (Å²) in [6, 6.07) is 15.5. The highest BCUT2D eigenvalue weighted by Gasteiger charge is 2.41. The summed E-state index contributed by atoms with van der Waals surface area (Å²) in [5.74, 6) is 1.75. The van der Waals surface area contributed by atoms with Gasteiger partial charge in [0, 0.05) is 17.8 Å². The summed E-state index contributed by atoms with van der Waals surface area (Å²) in [7, 11) is 1.66. The predicted molar refractivity (Wildman–Crippen MR) is 126 cm³/mol. The zero-order valence-electron chi connectivity index (χ0n) is 19.1. The Morgan fingerprint density at radius 1 is 1.12 bits per heavy atom. The van der Waals surface area contributed by atoms with Gasteiger partial charge in [0.25, 0.3) is 0 Å². The topological polar surface area (TPSA) is 60.1 Å². The molecule has 5 nitrogen and oxygen atoms in total. The molecule has 0 unspecified atom stereocenters. The highest BCUT2D eigenvalue weighted by Crippen LogP contribution is 2.44. The Bertz CT molecular complexity index is 1170. The van der Waals surface area contributed by atoms with E-state index in [1.807, 2.05) is 34.9 Å². The first kappa shape index (κ1) is 22.4. The van der Waals surface area contributed by atoms with Crippen molar-refractivity contribution in [2.45, 2.75) is 57.7 Å². The van der Waals surface area contributed by atoms with E-state index in [2.05, 4.69) is 40.0 Å². The van der Waals surface area contributed by atoms with Gasteiger partial charge in [0.15, 0.2) is 0 Å². The van der Waals surface area contributed by atoms with E-state index in [9.17, 15) is 5.26 Å². The molecule has 0 aliphatic carbocycles. The number of nitrogens with zero attached hydrogens (tertiary/aromatic N) is 3. The lowest BCUT2D eigenvalue weighted by atomic mass is 9.79. The summed E-state index contributed by atoms with van der Waals surface area (Å²) >= 11 is 6.20. The molecule has 0 amide bonds. The van der Waals surface area contributed by atoms with Crippen LogP contribution in [0.3, 0.4) is 0 Å². The van der Waals surface area contributed by atoms with Crippen molar-refractivity contribution in [3.05, 3.63) is 64.9 Å². The maximum absolute atomic E-state index is 9.49. The standard InChI is InChI=1S/C26H28ClN3O2/c1-25(2)13-18(14-26(3,4)32-25)22-16-30(19-10-11-21(27)17(12-19)15-28)24(29-22)20-8-6-7-9-23(20)31-5/h6-12,16,18H,13-14H2,1-5H3. The average Bonchev–Trinajstić information content (AvgIpc) is 3.17. The van der Waals surface area contributed by atoms with Crippen molar-refractivity contribution >= 4 is 11.6 Å². The molecule has 2 aromatic carbocycles. The summed E-state index contributed by atoms with van der Waals surface area (Å²) < 4.78 is 14.0. The first-order chi connectivity index (χ1) is 15.1. The van der Waals surface area contributed by atoms with Crippen molar-refractivity contribution in [2.24, 2.45) is 0 Å². The zero-order chi connectivity index (χ0) is 23.1. The fraction of sp³-hybridized carbons (Fsp3) is 0.385. The molecular formula is C26H28ClN3O2. The molecular weight excluding hydrogens is 422 g/mol. The molecule has 1 saturated heterocycles. The normalized spacial score (nSPS) is 17.7. The van der Waals surface area contributed by atoms with Crippen LogP contribution in [0.25, 0.3) is 17.1 Å². The second-order valence-electron chi connectivity index (χ2n) is 9.56. The second-order valence-corrected chi connectivity index (χ2v) is 9.97. The molecule has 0 radical (unpaired) electrons. The first-order valence-corrected chi connectivity index (χ1v) is 11.1. The lowest BCUT2D eigenvalue weighted by molar-refractivity contribution is -0.162. The van der Waals surface area contributed by atoms with Gasteiger partial charge in [-0.25, -0.2) is 4.98 Å². The van der Waals surface area contributed by atoms with Gasteiger partial charge in [0.2, 0.25) is 0 Å². The van der Waals surface area contributed by atoms with Crippen molar-refractivity contribution < 1.29 is 9.47 Å². The Labute approximate surface area is 194 Å². The molecule has 0 spiro atoms. The number of rotatable bonds is 4. The quantitative estimate of drug-likeness (QED) is 0.454. The van der Waals surface area contributed by atoms with Gasteiger partial charge in [-0.2, -0.15) is 5.26 Å². The van der Waals surface area contributed by atoms with E-state index in [4.69, 9.17) is 26.1 Å². The number of halogens is 1. The second kappa shape index (κ2) is 8.27. The number of imidazole rings is 1. The Morgan fingerprint density at radius 3 is 2.47 bits per heavy atom. The minimum absolute atomic E-state index is 0.241. The van der Waals surface area contributed by atoms with Crippen LogP contribution in [0.4, 0.5) is 0 Å². The lowest BCUT2D eigenvalue weighted by Crippen LogP contribution is -2.44. The third-order valence-electron chi connectivity index (χ3n) is 5.87. The van der Waals surface area contributed by atoms with Gasteiger partial charge < -0.3 is 9.47 Å². The van der Waals surface area contributed by atoms with Crippen LogP contribution in [0, 0.1) is 11.3 Å². The summed E-state index contributed by atoms with van der Waals surface area (Å²) in [4.78, 5) is 5.11. The fourth-order valence-corrected chi connectivity index (χ4v) is 5.02. The lowest BCUT2D eigenvalue weighted by Gasteiger charge is -2.45. The minimum atomic E-state index is -0.241. The van der Waals surface area contributed by atoms with Crippen molar-refractivity contribution in [3.63, 3.8) is 0 Å². The van der Waals surface area contributed by atoms with Crippen LogP contribution < -0.4 is 4.74 Å². The predicted octanol–water partition coefficient (Wildman–Crippen LogP) is 6.52. The largest absolute Gasteiger partial charge is 0.496 e. The van der Waals surface area contributed by atoms with Crippen molar-refractivity contribution in [1.82, 2.24) is 9.55 Å². The van der Waals surface area contributed by atoms with Gasteiger partial charge in [-0.3, -0.25) is 4.57 Å². The van der Waals surface area contributed by atoms with E-state index in [1.165, 1.54) is 0 Å². The third kappa shape index (κ3) is 4.39. The van der Waals surface area contributed by atoms with Gasteiger partial charge >= 0.3 is 0 Å². The summed E-state index contributed by atoms with van der Waals surface area (Å²) in [6.07, 6.45) is 3.83. The zero-order valence-corrected chi connectivity index (χ0v) is 19.9. The molecule has 4 rings (SSSR count). The molecule has 0 N–H and O–H groups in total. The number of hydrogen-bond acceptors (Lipinski definition) is 4. The van der Waals surface area contributed by atoms with Crippen LogP contribution in [-0.2, 0) is 4.74 Å². The summed E-state index contributed by atoms with van der Waals surface area (Å²) in [5.41, 5.74) is 2.67. The number of ether oxygens (including phenoxy) is 2. The van der Waals surface area contributed by atoms with Crippen LogP contribution in [0.15, 0.2) is 48.7 Å². The number of aromatic nitrogens is 2. The maximum Gasteiger partial charge on any atom is 0.148 e. The van der Waals surface area contributed by atoms with Gasteiger partial charge in [-0.05, 0) is 70.9 Å². The minimum Gasteiger partial charge on any atom is -0.496 e. The van der Waals surface area contributed by atoms with E-state index in [1.54, 1.807) is 19.2 Å². The van der Waals surface area contributed by atoms with E-state index in [0.29, 0.717) is 10.6 Å². The molecule has 1 aromatic heterocycles. The van der Waals surface area contributed by atoms with E-state index in [-0.39, 0.29) is 17.1 Å². The van der Waals surface area contributed by atoms with Crippen LogP contribution in [-0.4, -0.2) is 27.9 Å².